The number of halogens is 1. The molecule has 7 heteroatoms. The number of rotatable bonds is 7. The van der Waals surface area contributed by atoms with Crippen LogP contribution in [0.15, 0.2) is 48.5 Å². The van der Waals surface area contributed by atoms with Crippen LogP contribution in [0.5, 0.6) is 6.01 Å². The summed E-state index contributed by atoms with van der Waals surface area (Å²) in [4.78, 5) is 17.9. The fraction of sp³-hybridized carbons (Fsp3) is 0.483. The lowest BCUT2D eigenvalue weighted by Gasteiger charge is -2.55. The van der Waals surface area contributed by atoms with Crippen LogP contribution in [0.3, 0.4) is 0 Å². The Morgan fingerprint density at radius 2 is 1.69 bits per heavy atom. The Balaban J connectivity index is 1.25. The number of anilines is 1. The molecule has 2 aromatic carbocycles. The van der Waals surface area contributed by atoms with Gasteiger partial charge in [-0.2, -0.15) is 4.98 Å². The molecule has 0 radical (unpaired) electrons. The Labute approximate surface area is 211 Å². The van der Waals surface area contributed by atoms with Gasteiger partial charge in [-0.1, -0.05) is 26.0 Å². The molecule has 1 N–H and O–H groups in total. The number of nitrogens with one attached hydrogen (secondary N) is 1. The smallest absolute Gasteiger partial charge is 0.336 e. The average molecular weight is 489 g/mol. The highest BCUT2D eigenvalue weighted by atomic mass is 19.1. The van der Waals surface area contributed by atoms with Gasteiger partial charge in [-0.05, 0) is 98.6 Å². The van der Waals surface area contributed by atoms with Gasteiger partial charge in [0.15, 0.2) is 5.82 Å². The van der Waals surface area contributed by atoms with Crippen molar-refractivity contribution < 1.29 is 13.9 Å². The second kappa shape index (κ2) is 9.02. The van der Waals surface area contributed by atoms with Gasteiger partial charge in [-0.15, -0.1) is 5.10 Å². The van der Waals surface area contributed by atoms with E-state index in [2.05, 4.69) is 15.4 Å². The molecule has 1 amide bonds. The molecule has 1 heterocycles. The van der Waals surface area contributed by atoms with E-state index in [0.717, 1.165) is 42.7 Å². The number of amides is 1. The summed E-state index contributed by atoms with van der Waals surface area (Å²) in [5, 5.41) is 7.72. The third kappa shape index (κ3) is 4.29. The number of hydrogen-bond donors (Lipinski definition) is 1. The Bertz CT molecular complexity index is 1230. The zero-order valence-corrected chi connectivity index (χ0v) is 20.9. The number of nitrogens with zero attached hydrogens (tertiary/aromatic N) is 3. The molecule has 0 saturated heterocycles. The topological polar surface area (TPSA) is 69.0 Å². The maximum Gasteiger partial charge on any atom is 0.336 e. The van der Waals surface area contributed by atoms with Crippen molar-refractivity contribution in [3.8, 4) is 23.1 Å². The molecule has 188 valence electrons. The van der Waals surface area contributed by atoms with Gasteiger partial charge in [-0.3, -0.25) is 4.79 Å². The van der Waals surface area contributed by atoms with Crippen molar-refractivity contribution in [1.82, 2.24) is 14.8 Å². The van der Waals surface area contributed by atoms with Crippen molar-refractivity contribution in [3.63, 3.8) is 0 Å². The van der Waals surface area contributed by atoms with Crippen molar-refractivity contribution in [3.05, 3.63) is 54.3 Å². The van der Waals surface area contributed by atoms with Crippen LogP contribution in [0.1, 0.15) is 52.4 Å². The van der Waals surface area contributed by atoms with Crippen LogP contribution in [-0.4, -0.2) is 27.3 Å². The lowest BCUT2D eigenvalue weighted by atomic mass is 9.49. The van der Waals surface area contributed by atoms with E-state index in [1.54, 1.807) is 22.9 Å². The SMILES string of the molecule is CC(C)COc1nc(-c2ccccc2F)n(-c2ccc(NC(=O)C34CC5CC(CC(C5)C3)C4)cc2)n1. The molecule has 4 aliphatic rings. The molecule has 6 nitrogen and oxygen atoms in total. The summed E-state index contributed by atoms with van der Waals surface area (Å²) >= 11 is 0. The molecule has 0 atom stereocenters. The van der Waals surface area contributed by atoms with Crippen LogP contribution in [0.4, 0.5) is 10.1 Å². The highest BCUT2D eigenvalue weighted by Crippen LogP contribution is 2.60. The summed E-state index contributed by atoms with van der Waals surface area (Å²) in [5.41, 5.74) is 1.64. The summed E-state index contributed by atoms with van der Waals surface area (Å²) in [5.74, 6) is 2.65. The second-order valence-electron chi connectivity index (χ2n) is 11.5. The van der Waals surface area contributed by atoms with Gasteiger partial charge in [0.2, 0.25) is 5.91 Å². The molecule has 1 aromatic heterocycles. The molecule has 7 rings (SSSR count). The molecule has 36 heavy (non-hydrogen) atoms. The Morgan fingerprint density at radius 1 is 1.06 bits per heavy atom. The number of carbonyl (C=O) groups excluding carboxylic acids is 1. The molecule has 0 spiro atoms. The zero-order valence-electron chi connectivity index (χ0n) is 20.9. The largest absolute Gasteiger partial charge is 0.462 e. The lowest BCUT2D eigenvalue weighted by Crippen LogP contribution is -2.51. The maximum absolute atomic E-state index is 14.6. The van der Waals surface area contributed by atoms with E-state index >= 15 is 0 Å². The molecule has 0 aliphatic heterocycles. The van der Waals surface area contributed by atoms with Gasteiger partial charge < -0.3 is 10.1 Å². The molecule has 4 fully saturated rings. The average Bonchev–Trinajstić information content (AvgIpc) is 3.27. The van der Waals surface area contributed by atoms with Gasteiger partial charge in [0, 0.05) is 5.69 Å². The van der Waals surface area contributed by atoms with Crippen LogP contribution >= 0.6 is 0 Å². The highest BCUT2D eigenvalue weighted by molar-refractivity contribution is 5.95. The predicted octanol–water partition coefficient (Wildman–Crippen LogP) is 6.26. The first kappa shape index (κ1) is 23.2. The second-order valence-corrected chi connectivity index (χ2v) is 11.5. The van der Waals surface area contributed by atoms with E-state index in [4.69, 9.17) is 4.74 Å². The van der Waals surface area contributed by atoms with Crippen molar-refractivity contribution in [2.24, 2.45) is 29.1 Å². The van der Waals surface area contributed by atoms with Crippen LogP contribution in [0, 0.1) is 34.9 Å². The first-order valence-electron chi connectivity index (χ1n) is 13.2. The fourth-order valence-electron chi connectivity index (χ4n) is 6.93. The van der Waals surface area contributed by atoms with Crippen molar-refractivity contribution in [2.75, 3.05) is 11.9 Å². The first-order valence-corrected chi connectivity index (χ1v) is 13.2. The predicted molar refractivity (Wildman–Crippen MR) is 136 cm³/mol. The van der Waals surface area contributed by atoms with E-state index < -0.39 is 0 Å². The molecule has 3 aromatic rings. The molecule has 0 unspecified atom stereocenters. The normalized spacial score (nSPS) is 26.4. The minimum Gasteiger partial charge on any atom is -0.462 e. The van der Waals surface area contributed by atoms with Crippen LogP contribution in [0.25, 0.3) is 17.1 Å². The minimum absolute atomic E-state index is 0.173. The summed E-state index contributed by atoms with van der Waals surface area (Å²) in [6.07, 6.45) is 7.04. The van der Waals surface area contributed by atoms with Crippen molar-refractivity contribution in [2.45, 2.75) is 52.4 Å². The first-order chi connectivity index (χ1) is 17.4. The number of ether oxygens (including phenoxy) is 1. The summed E-state index contributed by atoms with van der Waals surface area (Å²) in [6.45, 7) is 4.56. The van der Waals surface area contributed by atoms with E-state index in [9.17, 15) is 9.18 Å². The van der Waals surface area contributed by atoms with Gasteiger partial charge in [0.1, 0.15) is 5.82 Å². The van der Waals surface area contributed by atoms with E-state index in [0.29, 0.717) is 29.6 Å². The maximum atomic E-state index is 14.6. The third-order valence-corrected chi connectivity index (χ3v) is 8.14. The van der Waals surface area contributed by atoms with Gasteiger partial charge in [-0.25, -0.2) is 9.07 Å². The number of carbonyl (C=O) groups is 1. The number of aromatic nitrogens is 3. The van der Waals surface area contributed by atoms with Gasteiger partial charge in [0.25, 0.3) is 0 Å². The molecular formula is C29H33FN4O2. The Kier molecular flexibility index (Phi) is 5.81. The molecule has 4 bridgehead atoms. The molecule has 4 aliphatic carbocycles. The Hall–Kier alpha value is -3.22. The lowest BCUT2D eigenvalue weighted by molar-refractivity contribution is -0.140. The Morgan fingerprint density at radius 3 is 2.31 bits per heavy atom. The minimum atomic E-state index is -0.374. The van der Waals surface area contributed by atoms with Crippen molar-refractivity contribution >= 4 is 11.6 Å². The van der Waals surface area contributed by atoms with E-state index in [1.165, 1.54) is 25.3 Å². The van der Waals surface area contributed by atoms with Crippen LogP contribution in [-0.2, 0) is 4.79 Å². The quantitative estimate of drug-likeness (QED) is 0.426. The van der Waals surface area contributed by atoms with Gasteiger partial charge >= 0.3 is 6.01 Å². The van der Waals surface area contributed by atoms with Gasteiger partial charge in [0.05, 0.1) is 23.3 Å². The summed E-state index contributed by atoms with van der Waals surface area (Å²) in [7, 11) is 0. The summed E-state index contributed by atoms with van der Waals surface area (Å²) in [6, 6.07) is 14.2. The molecule has 4 saturated carbocycles. The number of hydrogen-bond acceptors (Lipinski definition) is 4. The molecular weight excluding hydrogens is 455 g/mol. The standard InChI is InChI=1S/C29H33FN4O2/c1-18(2)17-36-28-32-26(24-5-3-4-6-25(24)30)34(33-28)23-9-7-22(8-10-23)31-27(35)29-14-19-11-20(15-29)13-21(12-19)16-29/h3-10,18-21H,11-17H2,1-2H3,(H,31,35). The number of benzene rings is 2. The van der Waals surface area contributed by atoms with Crippen LogP contribution in [0.2, 0.25) is 0 Å². The fourth-order valence-corrected chi connectivity index (χ4v) is 6.93. The van der Waals surface area contributed by atoms with E-state index in [-0.39, 0.29) is 23.1 Å². The van der Waals surface area contributed by atoms with Crippen molar-refractivity contribution in [1.29, 1.82) is 0 Å². The summed E-state index contributed by atoms with van der Waals surface area (Å²) < 4.78 is 22.0. The van der Waals surface area contributed by atoms with Crippen LogP contribution < -0.4 is 10.1 Å². The highest BCUT2D eigenvalue weighted by Gasteiger charge is 2.54. The monoisotopic (exact) mass is 488 g/mol. The van der Waals surface area contributed by atoms with E-state index in [1.807, 2.05) is 38.1 Å². The zero-order chi connectivity index (χ0) is 24.9. The third-order valence-electron chi connectivity index (χ3n) is 8.14.